The lowest BCUT2D eigenvalue weighted by molar-refractivity contribution is -0.141. The van der Waals surface area contributed by atoms with Crippen LogP contribution in [0.2, 0.25) is 5.02 Å². The van der Waals surface area contributed by atoms with Crippen LogP contribution in [0.25, 0.3) is 0 Å². The maximum atomic E-state index is 13.1. The predicted molar refractivity (Wildman–Crippen MR) is 94.9 cm³/mol. The Balaban J connectivity index is 1.46. The summed E-state index contributed by atoms with van der Waals surface area (Å²) in [5, 5.41) is 11.8. The quantitative estimate of drug-likeness (QED) is 0.681. The van der Waals surface area contributed by atoms with Gasteiger partial charge in [0.05, 0.1) is 10.7 Å². The lowest BCUT2D eigenvalue weighted by atomic mass is 9.49. The average Bonchev–Trinajstić information content (AvgIpc) is 3.20. The summed E-state index contributed by atoms with van der Waals surface area (Å²) in [4.78, 5) is 0. The van der Waals surface area contributed by atoms with Crippen LogP contribution in [0.4, 0.5) is 13.2 Å². The molecule has 4 aliphatic rings. The second kappa shape index (κ2) is 5.97. The Morgan fingerprint density at radius 1 is 1.11 bits per heavy atom. The molecule has 2 heterocycles. The maximum absolute atomic E-state index is 13.1. The molecular formula is C19H22ClF3N4O. The normalized spacial score (nSPS) is 32.9. The predicted octanol–water partition coefficient (Wildman–Crippen LogP) is 5.32. The molecular weight excluding hydrogens is 393 g/mol. The first-order chi connectivity index (χ1) is 13.2. The molecule has 28 heavy (non-hydrogen) atoms. The first-order valence-electron chi connectivity index (χ1n) is 9.82. The summed E-state index contributed by atoms with van der Waals surface area (Å²) in [5.74, 6) is 3.14. The maximum Gasteiger partial charge on any atom is 0.436 e. The number of hydrogen-bond acceptors (Lipinski definition) is 4. The van der Waals surface area contributed by atoms with Crippen molar-refractivity contribution in [3.8, 4) is 0 Å². The van der Waals surface area contributed by atoms with Crippen molar-refractivity contribution in [1.82, 2.24) is 20.0 Å². The fourth-order valence-electron chi connectivity index (χ4n) is 6.15. The molecule has 0 amide bonds. The Kier molecular flexibility index (Phi) is 3.93. The fourth-order valence-corrected chi connectivity index (χ4v) is 6.38. The first kappa shape index (κ1) is 18.5. The molecule has 0 N–H and O–H groups in total. The SMILES string of the molecule is Cc1c(Cl)c(C(F)(F)F)nn1C(C)c1nnc(C23CC4CC(CC(C4)C2)C3)o1. The van der Waals surface area contributed by atoms with Crippen molar-refractivity contribution in [3.05, 3.63) is 28.2 Å². The molecule has 152 valence electrons. The van der Waals surface area contributed by atoms with Gasteiger partial charge >= 0.3 is 6.18 Å². The van der Waals surface area contributed by atoms with Crippen LogP contribution in [-0.2, 0) is 11.6 Å². The van der Waals surface area contributed by atoms with Gasteiger partial charge in [0.25, 0.3) is 0 Å². The highest BCUT2D eigenvalue weighted by atomic mass is 35.5. The minimum absolute atomic E-state index is 0.0480. The van der Waals surface area contributed by atoms with Crippen LogP contribution in [0.3, 0.4) is 0 Å². The summed E-state index contributed by atoms with van der Waals surface area (Å²) >= 11 is 5.88. The number of rotatable bonds is 3. The number of alkyl halides is 3. The number of halogens is 4. The van der Waals surface area contributed by atoms with Crippen molar-refractivity contribution >= 4 is 11.6 Å². The van der Waals surface area contributed by atoms with Crippen LogP contribution in [0.1, 0.15) is 74.7 Å². The van der Waals surface area contributed by atoms with Crippen LogP contribution < -0.4 is 0 Å². The van der Waals surface area contributed by atoms with Gasteiger partial charge in [0.15, 0.2) is 5.69 Å². The topological polar surface area (TPSA) is 56.7 Å². The highest BCUT2D eigenvalue weighted by molar-refractivity contribution is 6.31. The molecule has 1 atom stereocenters. The molecule has 0 aliphatic heterocycles. The zero-order valence-electron chi connectivity index (χ0n) is 15.8. The summed E-state index contributed by atoms with van der Waals surface area (Å²) in [6.07, 6.45) is 2.57. The van der Waals surface area contributed by atoms with Gasteiger partial charge in [-0.05, 0) is 70.1 Å². The number of aromatic nitrogens is 4. The smallest absolute Gasteiger partial charge is 0.422 e. The standard InChI is InChI=1S/C19H22ClF3N4O/c1-9-14(20)15(19(21,22)23)26-27(9)10(2)16-24-25-17(28-16)18-6-11-3-12(7-18)5-13(4-11)8-18/h10-13H,3-8H2,1-2H3. The highest BCUT2D eigenvalue weighted by Crippen LogP contribution is 2.60. The van der Waals surface area contributed by atoms with Crippen molar-refractivity contribution < 1.29 is 17.6 Å². The average molecular weight is 415 g/mol. The van der Waals surface area contributed by atoms with Gasteiger partial charge in [0.2, 0.25) is 11.8 Å². The molecule has 1 unspecified atom stereocenters. The largest absolute Gasteiger partial charge is 0.436 e. The van der Waals surface area contributed by atoms with E-state index in [2.05, 4.69) is 15.3 Å². The summed E-state index contributed by atoms with van der Waals surface area (Å²) < 4.78 is 46.7. The third-order valence-corrected chi connectivity index (χ3v) is 7.45. The molecule has 0 aromatic carbocycles. The van der Waals surface area contributed by atoms with Gasteiger partial charge in [0, 0.05) is 5.41 Å². The highest BCUT2D eigenvalue weighted by Gasteiger charge is 2.54. The number of nitrogens with zero attached hydrogens (tertiary/aromatic N) is 4. The van der Waals surface area contributed by atoms with Crippen LogP contribution in [0.5, 0.6) is 0 Å². The van der Waals surface area contributed by atoms with Gasteiger partial charge in [-0.3, -0.25) is 4.68 Å². The Morgan fingerprint density at radius 2 is 1.68 bits per heavy atom. The van der Waals surface area contributed by atoms with Crippen LogP contribution in [0.15, 0.2) is 4.42 Å². The molecule has 0 radical (unpaired) electrons. The van der Waals surface area contributed by atoms with Crippen LogP contribution in [0, 0.1) is 24.7 Å². The first-order valence-corrected chi connectivity index (χ1v) is 10.2. The van der Waals surface area contributed by atoms with E-state index < -0.39 is 17.9 Å². The Labute approximate surface area is 165 Å². The van der Waals surface area contributed by atoms with E-state index >= 15 is 0 Å². The van der Waals surface area contributed by atoms with Crippen molar-refractivity contribution in [3.63, 3.8) is 0 Å². The molecule has 2 aromatic heterocycles. The molecule has 6 rings (SSSR count). The van der Waals surface area contributed by atoms with Crippen molar-refractivity contribution in [2.24, 2.45) is 17.8 Å². The molecule has 0 spiro atoms. The van der Waals surface area contributed by atoms with E-state index in [1.165, 1.54) is 30.9 Å². The summed E-state index contributed by atoms with van der Waals surface area (Å²) in [5.41, 5.74) is -0.899. The molecule has 4 fully saturated rings. The minimum atomic E-state index is -4.61. The van der Waals surface area contributed by atoms with Gasteiger partial charge in [0.1, 0.15) is 6.04 Å². The number of hydrogen-bond donors (Lipinski definition) is 0. The van der Waals surface area contributed by atoms with E-state index in [0.29, 0.717) is 5.89 Å². The zero-order chi connectivity index (χ0) is 19.8. The van der Waals surface area contributed by atoms with E-state index in [4.69, 9.17) is 16.0 Å². The third kappa shape index (κ3) is 2.70. The molecule has 4 aliphatic carbocycles. The van der Waals surface area contributed by atoms with E-state index in [1.807, 2.05) is 0 Å². The van der Waals surface area contributed by atoms with E-state index in [-0.39, 0.29) is 22.0 Å². The van der Waals surface area contributed by atoms with E-state index in [0.717, 1.165) is 37.0 Å². The van der Waals surface area contributed by atoms with Gasteiger partial charge in [-0.1, -0.05) is 11.6 Å². The molecule has 2 aromatic rings. The zero-order valence-corrected chi connectivity index (χ0v) is 16.5. The molecule has 0 saturated heterocycles. The van der Waals surface area contributed by atoms with E-state index in [9.17, 15) is 13.2 Å². The van der Waals surface area contributed by atoms with Gasteiger partial charge in [-0.15, -0.1) is 10.2 Å². The van der Waals surface area contributed by atoms with Crippen LogP contribution in [-0.4, -0.2) is 20.0 Å². The van der Waals surface area contributed by atoms with Gasteiger partial charge < -0.3 is 4.42 Å². The molecule has 4 saturated carbocycles. The lowest BCUT2D eigenvalue weighted by Gasteiger charge is -2.55. The Bertz CT molecular complexity index is 884. The van der Waals surface area contributed by atoms with E-state index in [1.54, 1.807) is 6.92 Å². The molecule has 5 nitrogen and oxygen atoms in total. The van der Waals surface area contributed by atoms with Gasteiger partial charge in [-0.25, -0.2) is 0 Å². The second-order valence-corrected chi connectivity index (χ2v) is 9.39. The lowest BCUT2D eigenvalue weighted by Crippen LogP contribution is -2.48. The van der Waals surface area contributed by atoms with Crippen molar-refractivity contribution in [1.29, 1.82) is 0 Å². The summed E-state index contributed by atoms with van der Waals surface area (Å²) in [6, 6.07) is -0.622. The van der Waals surface area contributed by atoms with Crippen LogP contribution >= 0.6 is 11.6 Å². The summed E-state index contributed by atoms with van der Waals surface area (Å²) in [7, 11) is 0. The fraction of sp³-hybridized carbons (Fsp3) is 0.737. The summed E-state index contributed by atoms with van der Waals surface area (Å²) in [6.45, 7) is 3.21. The molecule has 9 heteroatoms. The second-order valence-electron chi connectivity index (χ2n) is 9.01. The minimum Gasteiger partial charge on any atom is -0.422 e. The van der Waals surface area contributed by atoms with Gasteiger partial charge in [-0.2, -0.15) is 18.3 Å². The van der Waals surface area contributed by atoms with Crippen molar-refractivity contribution in [2.75, 3.05) is 0 Å². The Morgan fingerprint density at radius 3 is 2.18 bits per heavy atom. The van der Waals surface area contributed by atoms with Crippen molar-refractivity contribution in [2.45, 2.75) is 70.0 Å². The monoisotopic (exact) mass is 414 g/mol. The molecule has 4 bridgehead atoms. The third-order valence-electron chi connectivity index (χ3n) is 7.00. The Hall–Kier alpha value is -1.57.